The third-order valence-electron chi connectivity index (χ3n) is 4.51. The minimum Gasteiger partial charge on any atom is -0.467 e. The molecule has 2 N–H and O–H groups in total. The molecule has 2 rings (SSSR count). The summed E-state index contributed by atoms with van der Waals surface area (Å²) in [6.45, 7) is 2.05. The van der Waals surface area contributed by atoms with Gasteiger partial charge in [0.25, 0.3) is 0 Å². The van der Waals surface area contributed by atoms with Crippen LogP contribution in [0.2, 0.25) is 0 Å². The Kier molecular flexibility index (Phi) is 9.29. The molecular formula is C21H26N4O6. The number of benzene rings is 1. The van der Waals surface area contributed by atoms with Crippen molar-refractivity contribution in [3.63, 3.8) is 0 Å². The summed E-state index contributed by atoms with van der Waals surface area (Å²) in [4.78, 5) is 41.2. The first-order valence-corrected chi connectivity index (χ1v) is 9.97. The Balaban J connectivity index is 1.79. The van der Waals surface area contributed by atoms with E-state index < -0.39 is 24.2 Å². The summed E-state index contributed by atoms with van der Waals surface area (Å²) < 4.78 is 9.63. The molecule has 0 bridgehead atoms. The number of amides is 2. The number of carbonyl (C=O) groups is 3. The van der Waals surface area contributed by atoms with Gasteiger partial charge in [0, 0.05) is 13.0 Å². The molecule has 0 saturated heterocycles. The normalized spacial score (nSPS) is 15.6. The average molecular weight is 430 g/mol. The first-order chi connectivity index (χ1) is 15.0. The van der Waals surface area contributed by atoms with E-state index in [1.54, 1.807) is 24.3 Å². The van der Waals surface area contributed by atoms with Crippen LogP contribution in [0.25, 0.3) is 0 Å². The van der Waals surface area contributed by atoms with E-state index in [0.29, 0.717) is 24.1 Å². The van der Waals surface area contributed by atoms with E-state index in [4.69, 9.17) is 14.8 Å². The summed E-state index contributed by atoms with van der Waals surface area (Å²) >= 11 is 0. The van der Waals surface area contributed by atoms with Crippen molar-refractivity contribution in [2.45, 2.75) is 44.8 Å². The molecule has 1 aromatic carbocycles. The highest BCUT2D eigenvalue weighted by molar-refractivity contribution is 6.01. The van der Waals surface area contributed by atoms with Crippen LogP contribution in [0, 0.1) is 11.3 Å². The molecule has 1 aromatic rings. The van der Waals surface area contributed by atoms with Gasteiger partial charge in [-0.1, -0.05) is 30.6 Å². The number of hydrogen-bond acceptors (Lipinski definition) is 8. The van der Waals surface area contributed by atoms with Gasteiger partial charge in [0.05, 0.1) is 37.5 Å². The lowest BCUT2D eigenvalue weighted by atomic mass is 10.0. The van der Waals surface area contributed by atoms with Gasteiger partial charge in [0.2, 0.25) is 5.91 Å². The lowest BCUT2D eigenvalue weighted by molar-refractivity contribution is -0.143. The molecule has 1 unspecified atom stereocenters. The monoisotopic (exact) mass is 430 g/mol. The standard InChI is InChI=1S/C21H26N4O6/c1-3-4-9-30-21(28)24-18(20(27)29-2)13-23-19(26)11-16-10-17(25-31-16)15-7-5-14(12-22)6-8-15/h5-8,16,18H,3-4,9-11,13H2,1-2H3,(H,23,26)(H,24,28)/t16?,18-/m0/s1. The Labute approximate surface area is 180 Å². The third-order valence-corrected chi connectivity index (χ3v) is 4.51. The molecule has 10 nitrogen and oxygen atoms in total. The Morgan fingerprint density at radius 1 is 1.32 bits per heavy atom. The average Bonchev–Trinajstić information content (AvgIpc) is 3.24. The van der Waals surface area contributed by atoms with Gasteiger partial charge < -0.3 is 24.9 Å². The van der Waals surface area contributed by atoms with Gasteiger partial charge in [-0.15, -0.1) is 0 Å². The number of methoxy groups -OCH3 is 1. The number of hydrogen-bond donors (Lipinski definition) is 2. The number of rotatable bonds is 10. The molecule has 0 spiro atoms. The van der Waals surface area contributed by atoms with Crippen LogP contribution in [-0.4, -0.2) is 56.1 Å². The molecule has 0 fully saturated rings. The number of nitrogens with zero attached hydrogens (tertiary/aromatic N) is 2. The number of nitriles is 1. The van der Waals surface area contributed by atoms with Crippen LogP contribution in [0.15, 0.2) is 29.4 Å². The lowest BCUT2D eigenvalue weighted by Gasteiger charge is -2.17. The van der Waals surface area contributed by atoms with Crippen LogP contribution in [0.5, 0.6) is 0 Å². The minimum absolute atomic E-state index is 0.0259. The second kappa shape index (κ2) is 12.2. The van der Waals surface area contributed by atoms with Gasteiger partial charge in [0.1, 0.15) is 12.1 Å². The molecule has 10 heteroatoms. The molecule has 31 heavy (non-hydrogen) atoms. The predicted molar refractivity (Wildman–Crippen MR) is 110 cm³/mol. The van der Waals surface area contributed by atoms with Crippen molar-refractivity contribution in [2.24, 2.45) is 5.16 Å². The fraction of sp³-hybridized carbons (Fsp3) is 0.476. The number of nitrogens with one attached hydrogen (secondary N) is 2. The molecule has 1 aliphatic rings. The molecule has 0 aliphatic carbocycles. The fourth-order valence-corrected chi connectivity index (χ4v) is 2.77. The molecule has 0 saturated carbocycles. The van der Waals surface area contributed by atoms with Crippen LogP contribution in [0.3, 0.4) is 0 Å². The van der Waals surface area contributed by atoms with E-state index >= 15 is 0 Å². The summed E-state index contributed by atoms with van der Waals surface area (Å²) in [7, 11) is 1.19. The number of oxime groups is 1. The maximum Gasteiger partial charge on any atom is 0.407 e. The Morgan fingerprint density at radius 3 is 2.71 bits per heavy atom. The quantitative estimate of drug-likeness (QED) is 0.425. The van der Waals surface area contributed by atoms with Crippen molar-refractivity contribution in [1.29, 1.82) is 5.26 Å². The first-order valence-electron chi connectivity index (χ1n) is 9.97. The lowest BCUT2D eigenvalue weighted by Crippen LogP contribution is -2.49. The molecule has 166 valence electrons. The molecular weight excluding hydrogens is 404 g/mol. The highest BCUT2D eigenvalue weighted by atomic mass is 16.6. The molecule has 1 aliphatic heterocycles. The van der Waals surface area contributed by atoms with Crippen LogP contribution in [0.4, 0.5) is 4.79 Å². The molecule has 2 atom stereocenters. The summed E-state index contributed by atoms with van der Waals surface area (Å²) in [6, 6.07) is 7.89. The number of carbonyl (C=O) groups excluding carboxylic acids is 3. The summed E-state index contributed by atoms with van der Waals surface area (Å²) in [5.74, 6) is -1.06. The third kappa shape index (κ3) is 7.62. The zero-order valence-electron chi connectivity index (χ0n) is 17.6. The summed E-state index contributed by atoms with van der Waals surface area (Å²) in [5.41, 5.74) is 2.05. The van der Waals surface area contributed by atoms with Crippen LogP contribution >= 0.6 is 0 Å². The maximum atomic E-state index is 12.3. The molecule has 1 heterocycles. The van der Waals surface area contributed by atoms with Crippen molar-refractivity contribution in [3.05, 3.63) is 35.4 Å². The SMILES string of the molecule is CCCCOC(=O)N[C@@H](CNC(=O)CC1CC(c2ccc(C#N)cc2)=NO1)C(=O)OC. The summed E-state index contributed by atoms with van der Waals surface area (Å²) in [6.07, 6.45) is 0.830. The highest BCUT2D eigenvalue weighted by Crippen LogP contribution is 2.19. The van der Waals surface area contributed by atoms with Gasteiger partial charge in [-0.05, 0) is 24.1 Å². The van der Waals surface area contributed by atoms with Crippen molar-refractivity contribution in [3.8, 4) is 6.07 Å². The van der Waals surface area contributed by atoms with Crippen molar-refractivity contribution in [2.75, 3.05) is 20.3 Å². The Hall–Kier alpha value is -3.61. The predicted octanol–water partition coefficient (Wildman–Crippen LogP) is 1.63. The number of ether oxygens (including phenoxy) is 2. The molecule has 2 amide bonds. The van der Waals surface area contributed by atoms with Crippen LogP contribution in [-0.2, 0) is 23.9 Å². The largest absolute Gasteiger partial charge is 0.467 e. The first kappa shape index (κ1) is 23.7. The van der Waals surface area contributed by atoms with Gasteiger partial charge in [-0.25, -0.2) is 9.59 Å². The summed E-state index contributed by atoms with van der Waals surface area (Å²) in [5, 5.41) is 17.9. The van der Waals surface area contributed by atoms with E-state index in [2.05, 4.69) is 20.5 Å². The van der Waals surface area contributed by atoms with E-state index in [9.17, 15) is 14.4 Å². The van der Waals surface area contributed by atoms with Gasteiger partial charge in [-0.2, -0.15) is 5.26 Å². The Bertz CT molecular complexity index is 846. The zero-order chi connectivity index (χ0) is 22.6. The zero-order valence-corrected chi connectivity index (χ0v) is 17.6. The van der Waals surface area contributed by atoms with Crippen molar-refractivity contribution in [1.82, 2.24) is 10.6 Å². The number of esters is 1. The van der Waals surface area contributed by atoms with E-state index in [1.807, 2.05) is 13.0 Å². The smallest absolute Gasteiger partial charge is 0.407 e. The van der Waals surface area contributed by atoms with Crippen LogP contribution < -0.4 is 10.6 Å². The topological polar surface area (TPSA) is 139 Å². The number of alkyl carbamates (subject to hydrolysis) is 1. The van der Waals surface area contributed by atoms with Gasteiger partial charge in [0.15, 0.2) is 0 Å². The Morgan fingerprint density at radius 2 is 2.06 bits per heavy atom. The highest BCUT2D eigenvalue weighted by Gasteiger charge is 2.27. The maximum absolute atomic E-state index is 12.3. The van der Waals surface area contributed by atoms with E-state index in [0.717, 1.165) is 12.0 Å². The second-order valence-corrected chi connectivity index (χ2v) is 6.88. The minimum atomic E-state index is -1.07. The van der Waals surface area contributed by atoms with E-state index in [-0.39, 0.29) is 25.5 Å². The fourth-order valence-electron chi connectivity index (χ4n) is 2.77. The molecule has 0 aromatic heterocycles. The van der Waals surface area contributed by atoms with Crippen LogP contribution in [0.1, 0.15) is 43.7 Å². The van der Waals surface area contributed by atoms with Crippen molar-refractivity contribution >= 4 is 23.7 Å². The van der Waals surface area contributed by atoms with Gasteiger partial charge in [-0.3, -0.25) is 4.79 Å². The van der Waals surface area contributed by atoms with Gasteiger partial charge >= 0.3 is 12.1 Å². The second-order valence-electron chi connectivity index (χ2n) is 6.88. The van der Waals surface area contributed by atoms with E-state index in [1.165, 1.54) is 7.11 Å². The number of unbranched alkanes of at least 4 members (excludes halogenated alkanes) is 1. The van der Waals surface area contributed by atoms with Crippen molar-refractivity contribution < 1.29 is 28.7 Å². The molecule has 0 radical (unpaired) electrons.